The van der Waals surface area contributed by atoms with Crippen LogP contribution in [0, 0.1) is 0 Å². The molecule has 2 unspecified atom stereocenters. The van der Waals surface area contributed by atoms with Gasteiger partial charge in [0.25, 0.3) is 0 Å². The molecule has 4 nitrogen and oxygen atoms in total. The van der Waals surface area contributed by atoms with E-state index in [0.29, 0.717) is 19.8 Å². The van der Waals surface area contributed by atoms with Crippen molar-refractivity contribution in [3.63, 3.8) is 0 Å². The van der Waals surface area contributed by atoms with E-state index in [1.807, 2.05) is 27.7 Å². The van der Waals surface area contributed by atoms with Gasteiger partial charge < -0.3 is 18.9 Å². The zero-order valence-electron chi connectivity index (χ0n) is 10.6. The van der Waals surface area contributed by atoms with E-state index in [1.165, 1.54) is 0 Å². The smallest absolute Gasteiger partial charge is 0.144 e. The van der Waals surface area contributed by atoms with Gasteiger partial charge in [0.05, 0.1) is 25.4 Å². The Morgan fingerprint density at radius 1 is 1.44 bits per heavy atom. The average molecular weight is 230 g/mol. The number of hydrogen-bond acceptors (Lipinski definition) is 4. The standard InChI is InChI=1S/C12H22O4/c1-5-13-11-10-9(4)16-12(11,7-15-10)6-14-8(2)3/h8-11H,5-7H2,1-4H3/t9-,10?,11?,12-/m0/s1. The molecule has 94 valence electrons. The van der Waals surface area contributed by atoms with E-state index in [2.05, 4.69) is 0 Å². The summed E-state index contributed by atoms with van der Waals surface area (Å²) < 4.78 is 23.2. The maximum atomic E-state index is 5.99. The minimum atomic E-state index is -0.385. The highest BCUT2D eigenvalue weighted by Crippen LogP contribution is 2.42. The molecule has 0 aromatic rings. The van der Waals surface area contributed by atoms with Crippen molar-refractivity contribution in [3.8, 4) is 0 Å². The molecule has 0 aromatic heterocycles. The first-order valence-electron chi connectivity index (χ1n) is 6.11. The summed E-state index contributed by atoms with van der Waals surface area (Å²) in [6, 6.07) is 0. The Bertz CT molecular complexity index is 243. The fraction of sp³-hybridized carbons (Fsp3) is 1.00. The Hall–Kier alpha value is -0.160. The maximum Gasteiger partial charge on any atom is 0.144 e. The van der Waals surface area contributed by atoms with Crippen LogP contribution >= 0.6 is 0 Å². The van der Waals surface area contributed by atoms with E-state index < -0.39 is 0 Å². The molecule has 0 aliphatic carbocycles. The normalized spacial score (nSPS) is 42.2. The average Bonchev–Trinajstić information content (AvgIpc) is 2.68. The van der Waals surface area contributed by atoms with Crippen molar-refractivity contribution < 1.29 is 18.9 Å². The highest BCUT2D eigenvalue weighted by Gasteiger charge is 2.61. The Balaban J connectivity index is 2.05. The van der Waals surface area contributed by atoms with Crippen LogP contribution < -0.4 is 0 Å². The molecule has 2 bridgehead atoms. The number of fused-ring (bicyclic) bond motifs is 2. The Kier molecular flexibility index (Phi) is 3.54. The van der Waals surface area contributed by atoms with Crippen molar-refractivity contribution in [2.45, 2.75) is 57.7 Å². The molecular weight excluding hydrogens is 208 g/mol. The first-order valence-corrected chi connectivity index (χ1v) is 6.11. The zero-order chi connectivity index (χ0) is 11.8. The second-order valence-corrected chi connectivity index (χ2v) is 4.90. The largest absolute Gasteiger partial charge is 0.376 e. The fourth-order valence-electron chi connectivity index (χ4n) is 2.52. The first-order chi connectivity index (χ1) is 7.59. The lowest BCUT2D eigenvalue weighted by molar-refractivity contribution is -0.171. The fourth-order valence-corrected chi connectivity index (χ4v) is 2.52. The molecule has 2 fully saturated rings. The molecule has 0 spiro atoms. The van der Waals surface area contributed by atoms with E-state index in [1.54, 1.807) is 0 Å². The van der Waals surface area contributed by atoms with Crippen LogP contribution in [0.25, 0.3) is 0 Å². The highest BCUT2D eigenvalue weighted by molar-refractivity contribution is 5.08. The van der Waals surface area contributed by atoms with Gasteiger partial charge in [0.2, 0.25) is 0 Å². The molecule has 2 heterocycles. The van der Waals surface area contributed by atoms with E-state index in [0.717, 1.165) is 0 Å². The summed E-state index contributed by atoms with van der Waals surface area (Å²) >= 11 is 0. The van der Waals surface area contributed by atoms with Gasteiger partial charge in [-0.3, -0.25) is 0 Å². The van der Waals surface area contributed by atoms with Crippen molar-refractivity contribution in [3.05, 3.63) is 0 Å². The maximum absolute atomic E-state index is 5.99. The van der Waals surface area contributed by atoms with Crippen LogP contribution in [0.15, 0.2) is 0 Å². The summed E-state index contributed by atoms with van der Waals surface area (Å²) in [5.41, 5.74) is -0.385. The van der Waals surface area contributed by atoms with Crippen LogP contribution in [-0.2, 0) is 18.9 Å². The van der Waals surface area contributed by atoms with Crippen LogP contribution in [0.5, 0.6) is 0 Å². The van der Waals surface area contributed by atoms with E-state index in [-0.39, 0.29) is 30.0 Å². The lowest BCUT2D eigenvalue weighted by atomic mass is 9.99. The van der Waals surface area contributed by atoms with Gasteiger partial charge in [-0.2, -0.15) is 0 Å². The molecule has 2 aliphatic rings. The molecule has 0 saturated carbocycles. The number of hydrogen-bond donors (Lipinski definition) is 0. The molecule has 0 aromatic carbocycles. The lowest BCUT2D eigenvalue weighted by Gasteiger charge is -2.30. The van der Waals surface area contributed by atoms with Gasteiger partial charge in [-0.15, -0.1) is 0 Å². The van der Waals surface area contributed by atoms with Gasteiger partial charge in [-0.1, -0.05) is 0 Å². The minimum Gasteiger partial charge on any atom is -0.376 e. The summed E-state index contributed by atoms with van der Waals surface area (Å²) in [5.74, 6) is 0. The predicted molar refractivity (Wildman–Crippen MR) is 59.5 cm³/mol. The van der Waals surface area contributed by atoms with Crippen molar-refractivity contribution >= 4 is 0 Å². The van der Waals surface area contributed by atoms with Gasteiger partial charge in [0, 0.05) is 6.61 Å². The molecule has 2 aliphatic heterocycles. The summed E-state index contributed by atoms with van der Waals surface area (Å²) in [5, 5.41) is 0. The van der Waals surface area contributed by atoms with Crippen LogP contribution in [0.1, 0.15) is 27.7 Å². The second-order valence-electron chi connectivity index (χ2n) is 4.90. The molecule has 0 radical (unpaired) electrons. The van der Waals surface area contributed by atoms with Gasteiger partial charge in [0.1, 0.15) is 17.8 Å². The van der Waals surface area contributed by atoms with Crippen LogP contribution in [-0.4, -0.2) is 49.8 Å². The summed E-state index contributed by atoms with van der Waals surface area (Å²) in [6.07, 6.45) is 0.387. The third-order valence-corrected chi connectivity index (χ3v) is 3.23. The number of ether oxygens (including phenoxy) is 4. The Morgan fingerprint density at radius 3 is 2.75 bits per heavy atom. The topological polar surface area (TPSA) is 36.9 Å². The molecule has 4 atom stereocenters. The lowest BCUT2D eigenvalue weighted by Crippen LogP contribution is -2.46. The first kappa shape index (κ1) is 12.3. The Labute approximate surface area is 97.2 Å². The van der Waals surface area contributed by atoms with E-state index >= 15 is 0 Å². The molecular formula is C12H22O4. The van der Waals surface area contributed by atoms with Crippen LogP contribution in [0.2, 0.25) is 0 Å². The quantitative estimate of drug-likeness (QED) is 0.715. The number of rotatable bonds is 5. The minimum absolute atomic E-state index is 0.0197. The van der Waals surface area contributed by atoms with E-state index in [4.69, 9.17) is 18.9 Å². The third-order valence-electron chi connectivity index (χ3n) is 3.23. The molecule has 2 saturated heterocycles. The van der Waals surface area contributed by atoms with Crippen molar-refractivity contribution in [2.75, 3.05) is 19.8 Å². The Morgan fingerprint density at radius 2 is 2.19 bits per heavy atom. The molecule has 16 heavy (non-hydrogen) atoms. The molecule has 4 heteroatoms. The predicted octanol–water partition coefficient (Wildman–Crippen LogP) is 1.37. The monoisotopic (exact) mass is 230 g/mol. The van der Waals surface area contributed by atoms with E-state index in [9.17, 15) is 0 Å². The third kappa shape index (κ3) is 1.99. The molecule has 0 amide bonds. The molecule has 2 rings (SSSR count). The van der Waals surface area contributed by atoms with Crippen molar-refractivity contribution in [1.29, 1.82) is 0 Å². The van der Waals surface area contributed by atoms with Crippen molar-refractivity contribution in [1.82, 2.24) is 0 Å². The van der Waals surface area contributed by atoms with Gasteiger partial charge >= 0.3 is 0 Å². The van der Waals surface area contributed by atoms with Gasteiger partial charge in [-0.25, -0.2) is 0 Å². The second kappa shape index (κ2) is 4.61. The van der Waals surface area contributed by atoms with Crippen molar-refractivity contribution in [2.24, 2.45) is 0 Å². The van der Waals surface area contributed by atoms with Crippen LogP contribution in [0.3, 0.4) is 0 Å². The van der Waals surface area contributed by atoms with Gasteiger partial charge in [0.15, 0.2) is 0 Å². The SMILES string of the molecule is CCOC1C2OC[C@]1(COC(C)C)O[C@H]2C. The molecule has 0 N–H and O–H groups in total. The summed E-state index contributed by atoms with van der Waals surface area (Å²) in [4.78, 5) is 0. The zero-order valence-corrected chi connectivity index (χ0v) is 10.6. The summed E-state index contributed by atoms with van der Waals surface area (Å²) in [7, 11) is 0. The summed E-state index contributed by atoms with van der Waals surface area (Å²) in [6.45, 7) is 9.90. The van der Waals surface area contributed by atoms with Gasteiger partial charge in [-0.05, 0) is 27.7 Å². The van der Waals surface area contributed by atoms with Crippen LogP contribution in [0.4, 0.5) is 0 Å². The highest BCUT2D eigenvalue weighted by atomic mass is 16.7.